The highest BCUT2D eigenvalue weighted by molar-refractivity contribution is 4.86. The molecule has 1 fully saturated rings. The molecule has 120 valence electrons. The van der Waals surface area contributed by atoms with Crippen molar-refractivity contribution < 1.29 is 4.74 Å². The molecule has 1 aliphatic rings. The van der Waals surface area contributed by atoms with Gasteiger partial charge < -0.3 is 15.4 Å². The minimum absolute atomic E-state index is 0.298. The van der Waals surface area contributed by atoms with Crippen molar-refractivity contribution in [1.82, 2.24) is 4.90 Å². The van der Waals surface area contributed by atoms with E-state index >= 15 is 0 Å². The molecule has 1 saturated heterocycles. The number of hydrogen-bond acceptors (Lipinski definition) is 3. The summed E-state index contributed by atoms with van der Waals surface area (Å²) in [6.07, 6.45) is 4.83. The van der Waals surface area contributed by atoms with E-state index in [1.54, 1.807) is 0 Å². The van der Waals surface area contributed by atoms with Crippen molar-refractivity contribution in [2.75, 3.05) is 39.4 Å². The molecule has 0 aliphatic carbocycles. The van der Waals surface area contributed by atoms with Crippen LogP contribution in [0.5, 0.6) is 0 Å². The monoisotopic (exact) mass is 284 g/mol. The SMILES string of the molecule is CC(C)CCN(CCC(C)C)CC1(CN)CCOCC1. The van der Waals surface area contributed by atoms with Crippen LogP contribution in [-0.2, 0) is 4.74 Å². The summed E-state index contributed by atoms with van der Waals surface area (Å²) in [5, 5.41) is 0. The summed E-state index contributed by atoms with van der Waals surface area (Å²) in [6.45, 7) is 15.4. The highest BCUT2D eigenvalue weighted by Gasteiger charge is 2.33. The molecule has 0 atom stereocenters. The lowest BCUT2D eigenvalue weighted by Crippen LogP contribution is -2.46. The first-order valence-corrected chi connectivity index (χ1v) is 8.47. The summed E-state index contributed by atoms with van der Waals surface area (Å²) in [5.41, 5.74) is 6.41. The van der Waals surface area contributed by atoms with Crippen LogP contribution < -0.4 is 5.73 Å². The molecule has 0 spiro atoms. The fraction of sp³-hybridized carbons (Fsp3) is 1.00. The third kappa shape index (κ3) is 6.55. The standard InChI is InChI=1S/C17H36N2O/c1-15(2)5-9-19(10-6-16(3)4)14-17(13-18)7-11-20-12-8-17/h15-16H,5-14,18H2,1-4H3. The molecule has 0 unspecified atom stereocenters. The van der Waals surface area contributed by atoms with E-state index in [0.29, 0.717) is 5.41 Å². The van der Waals surface area contributed by atoms with Crippen LogP contribution in [0.3, 0.4) is 0 Å². The van der Waals surface area contributed by atoms with Gasteiger partial charge in [-0.25, -0.2) is 0 Å². The molecule has 0 amide bonds. The highest BCUT2D eigenvalue weighted by atomic mass is 16.5. The molecule has 0 aromatic rings. The Labute approximate surface area is 126 Å². The fourth-order valence-corrected chi connectivity index (χ4v) is 2.86. The van der Waals surface area contributed by atoms with E-state index in [9.17, 15) is 0 Å². The summed E-state index contributed by atoms with van der Waals surface area (Å²) < 4.78 is 5.53. The predicted octanol–water partition coefficient (Wildman–Crippen LogP) is 3.14. The van der Waals surface area contributed by atoms with E-state index in [-0.39, 0.29) is 0 Å². The minimum Gasteiger partial charge on any atom is -0.381 e. The lowest BCUT2D eigenvalue weighted by Gasteiger charge is -2.40. The van der Waals surface area contributed by atoms with Gasteiger partial charge in [-0.15, -0.1) is 0 Å². The smallest absolute Gasteiger partial charge is 0.0472 e. The van der Waals surface area contributed by atoms with Gasteiger partial charge in [0.1, 0.15) is 0 Å². The third-order valence-corrected chi connectivity index (χ3v) is 4.59. The van der Waals surface area contributed by atoms with Gasteiger partial charge in [0.25, 0.3) is 0 Å². The normalized spacial score (nSPS) is 19.2. The van der Waals surface area contributed by atoms with Gasteiger partial charge in [-0.3, -0.25) is 0 Å². The summed E-state index contributed by atoms with van der Waals surface area (Å²) in [6, 6.07) is 0. The van der Waals surface area contributed by atoms with Gasteiger partial charge in [0.2, 0.25) is 0 Å². The second-order valence-electron chi connectivity index (χ2n) is 7.46. The van der Waals surface area contributed by atoms with Crippen molar-refractivity contribution in [3.05, 3.63) is 0 Å². The molecule has 3 heteroatoms. The molecule has 1 rings (SSSR count). The van der Waals surface area contributed by atoms with E-state index in [1.165, 1.54) is 25.9 Å². The highest BCUT2D eigenvalue weighted by Crippen LogP contribution is 2.30. The Bertz CT molecular complexity index is 235. The average molecular weight is 284 g/mol. The van der Waals surface area contributed by atoms with Gasteiger partial charge >= 0.3 is 0 Å². The maximum atomic E-state index is 6.12. The van der Waals surface area contributed by atoms with Gasteiger partial charge in [0, 0.05) is 19.8 Å². The van der Waals surface area contributed by atoms with Gasteiger partial charge in [0.15, 0.2) is 0 Å². The molecule has 1 aliphatic heterocycles. The van der Waals surface area contributed by atoms with Crippen LogP contribution >= 0.6 is 0 Å². The summed E-state index contributed by atoms with van der Waals surface area (Å²) >= 11 is 0. The Hall–Kier alpha value is -0.120. The first-order valence-electron chi connectivity index (χ1n) is 8.47. The number of nitrogens with zero attached hydrogens (tertiary/aromatic N) is 1. The number of rotatable bonds is 9. The van der Waals surface area contributed by atoms with Crippen LogP contribution in [0.15, 0.2) is 0 Å². The predicted molar refractivity (Wildman–Crippen MR) is 86.9 cm³/mol. The Balaban J connectivity index is 2.55. The van der Waals surface area contributed by atoms with E-state index < -0.39 is 0 Å². The van der Waals surface area contributed by atoms with Crippen LogP contribution in [0, 0.1) is 17.3 Å². The third-order valence-electron chi connectivity index (χ3n) is 4.59. The van der Waals surface area contributed by atoms with Gasteiger partial charge in [-0.05, 0) is 62.6 Å². The van der Waals surface area contributed by atoms with Crippen molar-refractivity contribution in [2.24, 2.45) is 23.0 Å². The molecule has 0 aromatic heterocycles. The summed E-state index contributed by atoms with van der Waals surface area (Å²) in [4.78, 5) is 2.66. The molecular formula is C17H36N2O. The maximum absolute atomic E-state index is 6.12. The quantitative estimate of drug-likeness (QED) is 0.707. The van der Waals surface area contributed by atoms with E-state index in [4.69, 9.17) is 10.5 Å². The Morgan fingerprint density at radius 1 is 1.00 bits per heavy atom. The van der Waals surface area contributed by atoms with Gasteiger partial charge in [-0.2, -0.15) is 0 Å². The van der Waals surface area contributed by atoms with Crippen LogP contribution in [0.1, 0.15) is 53.4 Å². The van der Waals surface area contributed by atoms with Crippen LogP contribution in [0.4, 0.5) is 0 Å². The largest absolute Gasteiger partial charge is 0.381 e. The average Bonchev–Trinajstić information content (AvgIpc) is 2.42. The molecule has 3 nitrogen and oxygen atoms in total. The maximum Gasteiger partial charge on any atom is 0.0472 e. The minimum atomic E-state index is 0.298. The number of nitrogens with two attached hydrogens (primary N) is 1. The first-order chi connectivity index (χ1) is 9.47. The zero-order valence-corrected chi connectivity index (χ0v) is 14.2. The van der Waals surface area contributed by atoms with Crippen LogP contribution in [-0.4, -0.2) is 44.3 Å². The molecule has 0 bridgehead atoms. The van der Waals surface area contributed by atoms with Crippen molar-refractivity contribution >= 4 is 0 Å². The number of ether oxygens (including phenoxy) is 1. The van der Waals surface area contributed by atoms with Gasteiger partial charge in [0.05, 0.1) is 0 Å². The van der Waals surface area contributed by atoms with Crippen molar-refractivity contribution in [3.63, 3.8) is 0 Å². The molecule has 1 heterocycles. The van der Waals surface area contributed by atoms with Crippen molar-refractivity contribution in [3.8, 4) is 0 Å². The van der Waals surface area contributed by atoms with Crippen LogP contribution in [0.2, 0.25) is 0 Å². The van der Waals surface area contributed by atoms with E-state index in [1.807, 2.05) is 0 Å². The van der Waals surface area contributed by atoms with E-state index in [0.717, 1.165) is 51.0 Å². The summed E-state index contributed by atoms with van der Waals surface area (Å²) in [7, 11) is 0. The first kappa shape index (κ1) is 17.9. The second kappa shape index (κ2) is 9.01. The summed E-state index contributed by atoms with van der Waals surface area (Å²) in [5.74, 6) is 1.56. The second-order valence-corrected chi connectivity index (χ2v) is 7.46. The lowest BCUT2D eigenvalue weighted by molar-refractivity contribution is -0.00140. The van der Waals surface area contributed by atoms with Crippen LogP contribution in [0.25, 0.3) is 0 Å². The Kier molecular flexibility index (Phi) is 8.08. The molecule has 20 heavy (non-hydrogen) atoms. The fourth-order valence-electron chi connectivity index (χ4n) is 2.86. The molecular weight excluding hydrogens is 248 g/mol. The topological polar surface area (TPSA) is 38.5 Å². The number of hydrogen-bond donors (Lipinski definition) is 1. The zero-order valence-electron chi connectivity index (χ0n) is 14.2. The van der Waals surface area contributed by atoms with Crippen molar-refractivity contribution in [1.29, 1.82) is 0 Å². The molecule has 0 radical (unpaired) electrons. The Morgan fingerprint density at radius 2 is 1.50 bits per heavy atom. The Morgan fingerprint density at radius 3 is 1.90 bits per heavy atom. The molecule has 0 saturated carbocycles. The lowest BCUT2D eigenvalue weighted by atomic mass is 9.79. The van der Waals surface area contributed by atoms with E-state index in [2.05, 4.69) is 32.6 Å². The van der Waals surface area contributed by atoms with Crippen molar-refractivity contribution in [2.45, 2.75) is 53.4 Å². The zero-order chi connectivity index (χ0) is 15.0. The molecule has 0 aromatic carbocycles. The van der Waals surface area contributed by atoms with Gasteiger partial charge in [-0.1, -0.05) is 27.7 Å². The molecule has 2 N–H and O–H groups in total.